The number of amides is 3. The van der Waals surface area contributed by atoms with Crippen LogP contribution in [0.5, 0.6) is 0 Å². The summed E-state index contributed by atoms with van der Waals surface area (Å²) in [5.41, 5.74) is -0.914. The third-order valence-electron chi connectivity index (χ3n) is 5.03. The van der Waals surface area contributed by atoms with Gasteiger partial charge in [0.15, 0.2) is 11.5 Å². The van der Waals surface area contributed by atoms with Gasteiger partial charge in [-0.2, -0.15) is 0 Å². The molecule has 0 aromatic carbocycles. The molecule has 1 aromatic heterocycles. The van der Waals surface area contributed by atoms with E-state index >= 15 is 0 Å². The van der Waals surface area contributed by atoms with Gasteiger partial charge >= 0.3 is 0 Å². The summed E-state index contributed by atoms with van der Waals surface area (Å²) in [7, 11) is 2.74. The van der Waals surface area contributed by atoms with E-state index in [0.717, 1.165) is 0 Å². The maximum atomic E-state index is 13.0. The van der Waals surface area contributed by atoms with Crippen molar-refractivity contribution in [2.24, 2.45) is 5.92 Å². The van der Waals surface area contributed by atoms with Crippen molar-refractivity contribution in [3.8, 4) is 0 Å². The minimum absolute atomic E-state index is 0.0130. The highest BCUT2D eigenvalue weighted by Crippen LogP contribution is 2.29. The SMILES string of the molecule is COC[C@H](NC(=O)c1ccon1)C(=O)N[C@@H](COC)C(=O)N[C@@H](CC(C)C)C(=O)[C@]1(C)CO1. The molecule has 1 fully saturated rings. The number of nitrogens with zero attached hydrogens (tertiary/aromatic N) is 1. The fourth-order valence-corrected chi connectivity index (χ4v) is 3.13. The van der Waals surface area contributed by atoms with Gasteiger partial charge in [-0.25, -0.2) is 0 Å². The fraction of sp³-hybridized carbons (Fsp3) is 0.667. The molecule has 1 aliphatic rings. The molecule has 4 atom stereocenters. The molecule has 12 nitrogen and oxygen atoms in total. The Morgan fingerprint density at radius 2 is 1.58 bits per heavy atom. The monoisotopic (exact) mass is 468 g/mol. The van der Waals surface area contributed by atoms with Crippen molar-refractivity contribution in [1.82, 2.24) is 21.1 Å². The molecule has 33 heavy (non-hydrogen) atoms. The number of hydrogen-bond donors (Lipinski definition) is 3. The minimum Gasteiger partial charge on any atom is -0.382 e. The van der Waals surface area contributed by atoms with Gasteiger partial charge in [0.25, 0.3) is 5.91 Å². The Balaban J connectivity index is 2.07. The Morgan fingerprint density at radius 1 is 1.03 bits per heavy atom. The van der Waals surface area contributed by atoms with E-state index in [0.29, 0.717) is 13.0 Å². The lowest BCUT2D eigenvalue weighted by Crippen LogP contribution is -2.58. The standard InChI is InChI=1S/C21H32N4O8/c1-12(2)8-14(17(26)21(3)11-32-21)22-19(28)15(9-30-4)24-20(29)16(10-31-5)23-18(27)13-6-7-33-25-13/h6-7,12,14-16H,8-11H2,1-5H3,(H,22,28)(H,23,27)(H,24,29)/t14-,15-,16-,21-/m0/s1. The van der Waals surface area contributed by atoms with Crippen LogP contribution in [0.2, 0.25) is 0 Å². The van der Waals surface area contributed by atoms with Gasteiger partial charge in [-0.15, -0.1) is 0 Å². The van der Waals surface area contributed by atoms with Crippen LogP contribution in [0, 0.1) is 5.92 Å². The lowest BCUT2D eigenvalue weighted by molar-refractivity contribution is -0.134. The van der Waals surface area contributed by atoms with Gasteiger partial charge in [-0.1, -0.05) is 19.0 Å². The van der Waals surface area contributed by atoms with Crippen molar-refractivity contribution in [3.63, 3.8) is 0 Å². The van der Waals surface area contributed by atoms with Gasteiger partial charge in [0.1, 0.15) is 23.9 Å². The molecule has 2 rings (SSSR count). The van der Waals surface area contributed by atoms with Crippen LogP contribution in [0.25, 0.3) is 0 Å². The Bertz CT molecular complexity index is 822. The zero-order chi connectivity index (χ0) is 24.6. The number of nitrogens with one attached hydrogen (secondary N) is 3. The number of epoxide rings is 1. The maximum Gasteiger partial charge on any atom is 0.274 e. The highest BCUT2D eigenvalue weighted by molar-refractivity contribution is 5.99. The second kappa shape index (κ2) is 11.9. The van der Waals surface area contributed by atoms with Crippen LogP contribution in [0.1, 0.15) is 37.7 Å². The largest absolute Gasteiger partial charge is 0.382 e. The molecule has 3 amide bonds. The van der Waals surface area contributed by atoms with Crippen molar-refractivity contribution in [2.75, 3.05) is 34.0 Å². The summed E-state index contributed by atoms with van der Waals surface area (Å²) in [5, 5.41) is 11.3. The van der Waals surface area contributed by atoms with Crippen LogP contribution in [0.15, 0.2) is 16.9 Å². The number of Topliss-reactive ketones (excluding diaryl/α,β-unsaturated/α-hetero) is 1. The van der Waals surface area contributed by atoms with Crippen LogP contribution >= 0.6 is 0 Å². The number of ether oxygens (including phenoxy) is 3. The lowest BCUT2D eigenvalue weighted by Gasteiger charge is -2.26. The molecule has 0 spiro atoms. The first-order valence-corrected chi connectivity index (χ1v) is 10.6. The Kier molecular flexibility index (Phi) is 9.50. The first-order valence-electron chi connectivity index (χ1n) is 10.6. The topological polar surface area (TPSA) is 161 Å². The van der Waals surface area contributed by atoms with E-state index in [4.69, 9.17) is 14.2 Å². The number of carbonyl (C=O) groups excluding carboxylic acids is 4. The van der Waals surface area contributed by atoms with Crippen molar-refractivity contribution < 1.29 is 37.9 Å². The first-order chi connectivity index (χ1) is 15.6. The third-order valence-corrected chi connectivity index (χ3v) is 5.03. The number of rotatable bonds is 14. The number of methoxy groups -OCH3 is 2. The van der Waals surface area contributed by atoms with E-state index < -0.39 is 41.4 Å². The van der Waals surface area contributed by atoms with Crippen molar-refractivity contribution in [2.45, 2.75) is 50.9 Å². The van der Waals surface area contributed by atoms with Crippen LogP contribution < -0.4 is 16.0 Å². The first kappa shape index (κ1) is 26.4. The average Bonchev–Trinajstić information content (AvgIpc) is 3.27. The lowest BCUT2D eigenvalue weighted by atomic mass is 9.93. The van der Waals surface area contributed by atoms with Crippen LogP contribution in [-0.4, -0.2) is 86.4 Å². The summed E-state index contributed by atoms with van der Waals surface area (Å²) in [6, 6.07) is -1.66. The predicted octanol–water partition coefficient (Wildman–Crippen LogP) is -0.560. The van der Waals surface area contributed by atoms with E-state index in [-0.39, 0.29) is 30.6 Å². The number of aromatic nitrogens is 1. The molecule has 12 heteroatoms. The van der Waals surface area contributed by atoms with Crippen LogP contribution in [0.4, 0.5) is 0 Å². The predicted molar refractivity (Wildman–Crippen MR) is 114 cm³/mol. The molecule has 0 saturated carbocycles. The fourth-order valence-electron chi connectivity index (χ4n) is 3.13. The van der Waals surface area contributed by atoms with Gasteiger partial charge in [-0.05, 0) is 19.3 Å². The number of ketones is 1. The summed E-state index contributed by atoms with van der Waals surface area (Å²) >= 11 is 0. The van der Waals surface area contributed by atoms with Crippen molar-refractivity contribution in [3.05, 3.63) is 18.0 Å². The van der Waals surface area contributed by atoms with Crippen molar-refractivity contribution in [1.29, 1.82) is 0 Å². The summed E-state index contributed by atoms with van der Waals surface area (Å²) in [6.07, 6.45) is 1.64. The average molecular weight is 469 g/mol. The smallest absolute Gasteiger partial charge is 0.274 e. The second-order valence-corrected chi connectivity index (χ2v) is 8.46. The normalized spacial score (nSPS) is 19.9. The van der Waals surface area contributed by atoms with E-state index in [1.54, 1.807) is 6.92 Å². The molecule has 2 heterocycles. The maximum absolute atomic E-state index is 13.0. The van der Waals surface area contributed by atoms with Gasteiger partial charge in [0.05, 0.1) is 25.9 Å². The minimum atomic E-state index is -1.11. The van der Waals surface area contributed by atoms with Gasteiger partial charge in [-0.3, -0.25) is 19.2 Å². The summed E-state index contributed by atoms with van der Waals surface area (Å²) < 4.78 is 20.0. The van der Waals surface area contributed by atoms with Gasteiger partial charge in [0, 0.05) is 20.3 Å². The summed E-state index contributed by atoms with van der Waals surface area (Å²) in [5.74, 6) is -1.99. The Hall–Kier alpha value is -2.83. The van der Waals surface area contributed by atoms with Gasteiger partial charge in [0.2, 0.25) is 11.8 Å². The molecule has 0 radical (unpaired) electrons. The van der Waals surface area contributed by atoms with Crippen molar-refractivity contribution >= 4 is 23.5 Å². The van der Waals surface area contributed by atoms with E-state index in [9.17, 15) is 19.2 Å². The van der Waals surface area contributed by atoms with Crippen LogP contribution in [-0.2, 0) is 28.6 Å². The number of carbonyl (C=O) groups is 4. The zero-order valence-corrected chi connectivity index (χ0v) is 19.5. The zero-order valence-electron chi connectivity index (χ0n) is 19.5. The van der Waals surface area contributed by atoms with E-state index in [1.165, 1.54) is 26.5 Å². The summed E-state index contributed by atoms with van der Waals surface area (Å²) in [6.45, 7) is 5.55. The molecule has 184 valence electrons. The number of hydrogen-bond acceptors (Lipinski definition) is 9. The molecule has 0 aliphatic carbocycles. The molecular formula is C21H32N4O8. The Morgan fingerprint density at radius 3 is 2.03 bits per heavy atom. The molecule has 1 aromatic rings. The molecule has 0 bridgehead atoms. The molecule has 1 aliphatic heterocycles. The third kappa shape index (κ3) is 7.62. The molecule has 0 unspecified atom stereocenters. The second-order valence-electron chi connectivity index (χ2n) is 8.46. The van der Waals surface area contributed by atoms with E-state index in [1.807, 2.05) is 13.8 Å². The molecular weight excluding hydrogens is 436 g/mol. The Labute approximate surface area is 192 Å². The quantitative estimate of drug-likeness (QED) is 0.304. The van der Waals surface area contributed by atoms with Gasteiger partial charge < -0.3 is 34.7 Å². The molecule has 1 saturated heterocycles. The highest BCUT2D eigenvalue weighted by Gasteiger charge is 2.50. The van der Waals surface area contributed by atoms with E-state index in [2.05, 4.69) is 25.6 Å². The van der Waals surface area contributed by atoms with Crippen LogP contribution in [0.3, 0.4) is 0 Å². The molecule has 3 N–H and O–H groups in total. The highest BCUT2D eigenvalue weighted by atomic mass is 16.6. The summed E-state index contributed by atoms with van der Waals surface area (Å²) in [4.78, 5) is 50.8.